The van der Waals surface area contributed by atoms with E-state index in [-0.39, 0.29) is 12.6 Å². The van der Waals surface area contributed by atoms with E-state index in [0.717, 1.165) is 0 Å². The van der Waals surface area contributed by atoms with Gasteiger partial charge in [0, 0.05) is 12.6 Å². The highest BCUT2D eigenvalue weighted by molar-refractivity contribution is 4.64. The minimum atomic E-state index is -0.602. The Kier molecular flexibility index (Phi) is 8.27. The highest BCUT2D eigenvalue weighted by Crippen LogP contribution is 1.90. The van der Waals surface area contributed by atoms with Crippen LogP contribution in [0, 0.1) is 0 Å². The number of aliphatic hydroxyl groups excluding tert-OH is 1. The van der Waals surface area contributed by atoms with Gasteiger partial charge in [-0.25, -0.2) is 0 Å². The molecule has 0 aromatic heterocycles. The summed E-state index contributed by atoms with van der Waals surface area (Å²) in [5.41, 5.74) is 10.6. The van der Waals surface area contributed by atoms with Gasteiger partial charge in [-0.15, -0.1) is 0 Å². The molecule has 5 nitrogen and oxygen atoms in total. The van der Waals surface area contributed by atoms with E-state index < -0.39 is 6.10 Å². The maximum absolute atomic E-state index is 9.22. The van der Waals surface area contributed by atoms with Gasteiger partial charge in [-0.3, -0.25) is 0 Å². The van der Waals surface area contributed by atoms with Gasteiger partial charge < -0.3 is 26.0 Å². The van der Waals surface area contributed by atoms with E-state index >= 15 is 0 Å². The molecule has 80 valence electrons. The van der Waals surface area contributed by atoms with Crippen LogP contribution in [0.3, 0.4) is 0 Å². The Morgan fingerprint density at radius 2 is 1.85 bits per heavy atom. The molecule has 0 aliphatic carbocycles. The van der Waals surface area contributed by atoms with Crippen LogP contribution in [0.2, 0.25) is 0 Å². The molecule has 2 unspecified atom stereocenters. The summed E-state index contributed by atoms with van der Waals surface area (Å²) < 4.78 is 10.2. The zero-order valence-corrected chi connectivity index (χ0v) is 8.11. The lowest BCUT2D eigenvalue weighted by atomic mass is 10.2. The summed E-state index contributed by atoms with van der Waals surface area (Å²) in [6, 6.07) is -0.259. The third-order valence-electron chi connectivity index (χ3n) is 1.53. The normalized spacial score (nSPS) is 15.7. The molecule has 0 aromatic rings. The molecule has 0 fully saturated rings. The van der Waals surface area contributed by atoms with Gasteiger partial charge in [0.1, 0.15) is 0 Å². The molecule has 0 aliphatic rings. The molecule has 5 N–H and O–H groups in total. The maximum atomic E-state index is 9.22. The summed E-state index contributed by atoms with van der Waals surface area (Å²) in [6.07, 6.45) is -0.602. The Morgan fingerprint density at radius 1 is 1.23 bits per heavy atom. The molecule has 0 bridgehead atoms. The number of ether oxygens (including phenoxy) is 2. The second-order valence-corrected chi connectivity index (χ2v) is 2.90. The fourth-order valence-electron chi connectivity index (χ4n) is 0.659. The lowest BCUT2D eigenvalue weighted by Crippen LogP contribution is -2.35. The topological polar surface area (TPSA) is 90.7 Å². The molecule has 0 amide bonds. The van der Waals surface area contributed by atoms with Gasteiger partial charge in [0.25, 0.3) is 0 Å². The fraction of sp³-hybridized carbons (Fsp3) is 1.00. The average molecular weight is 192 g/mol. The zero-order chi connectivity index (χ0) is 10.1. The summed E-state index contributed by atoms with van der Waals surface area (Å²) in [5, 5.41) is 9.22. The van der Waals surface area contributed by atoms with E-state index in [1.165, 1.54) is 0 Å². The van der Waals surface area contributed by atoms with Crippen LogP contribution < -0.4 is 11.5 Å². The smallest absolute Gasteiger partial charge is 0.0921 e. The van der Waals surface area contributed by atoms with Gasteiger partial charge in [-0.05, 0) is 6.92 Å². The highest BCUT2D eigenvalue weighted by atomic mass is 16.5. The van der Waals surface area contributed by atoms with E-state index in [4.69, 9.17) is 20.9 Å². The van der Waals surface area contributed by atoms with Crippen LogP contribution in [0.5, 0.6) is 0 Å². The Bertz CT molecular complexity index is 112. The number of hydrogen-bond acceptors (Lipinski definition) is 5. The first-order valence-electron chi connectivity index (χ1n) is 4.47. The Morgan fingerprint density at radius 3 is 2.38 bits per heavy atom. The van der Waals surface area contributed by atoms with E-state index in [2.05, 4.69) is 0 Å². The van der Waals surface area contributed by atoms with Crippen molar-refractivity contribution in [2.45, 2.75) is 19.1 Å². The fourth-order valence-corrected chi connectivity index (χ4v) is 0.659. The number of aliphatic hydroxyl groups is 1. The Balaban J connectivity index is 3.07. The molecule has 0 heterocycles. The van der Waals surface area contributed by atoms with Crippen molar-refractivity contribution in [2.24, 2.45) is 11.5 Å². The predicted molar refractivity (Wildman–Crippen MR) is 50.3 cm³/mol. The summed E-state index contributed by atoms with van der Waals surface area (Å²) >= 11 is 0. The van der Waals surface area contributed by atoms with E-state index in [0.29, 0.717) is 26.4 Å². The van der Waals surface area contributed by atoms with Crippen LogP contribution in [-0.2, 0) is 9.47 Å². The van der Waals surface area contributed by atoms with E-state index in [1.54, 1.807) is 6.92 Å². The first kappa shape index (κ1) is 12.8. The molecule has 0 radical (unpaired) electrons. The molecule has 13 heavy (non-hydrogen) atoms. The summed E-state index contributed by atoms with van der Waals surface area (Å²) in [5.74, 6) is 0. The summed E-state index contributed by atoms with van der Waals surface area (Å²) in [6.45, 7) is 4.01. The van der Waals surface area contributed by atoms with Gasteiger partial charge in [0.2, 0.25) is 0 Å². The number of nitrogens with two attached hydrogens (primary N) is 2. The van der Waals surface area contributed by atoms with E-state index in [1.807, 2.05) is 0 Å². The van der Waals surface area contributed by atoms with Crippen LogP contribution in [-0.4, -0.2) is 50.2 Å². The SMILES string of the molecule is CC(N)C(O)COCCOCCN. The third kappa shape index (κ3) is 8.14. The minimum Gasteiger partial charge on any atom is -0.389 e. The van der Waals surface area contributed by atoms with Gasteiger partial charge in [-0.2, -0.15) is 0 Å². The van der Waals surface area contributed by atoms with Crippen molar-refractivity contribution in [3.05, 3.63) is 0 Å². The molecular formula is C8H20N2O3. The van der Waals surface area contributed by atoms with Gasteiger partial charge in [0.15, 0.2) is 0 Å². The molecule has 0 aromatic carbocycles. The second-order valence-electron chi connectivity index (χ2n) is 2.90. The maximum Gasteiger partial charge on any atom is 0.0921 e. The summed E-state index contributed by atoms with van der Waals surface area (Å²) in [4.78, 5) is 0. The van der Waals surface area contributed by atoms with Crippen molar-refractivity contribution in [3.63, 3.8) is 0 Å². The highest BCUT2D eigenvalue weighted by Gasteiger charge is 2.08. The van der Waals surface area contributed by atoms with Crippen LogP contribution in [0.4, 0.5) is 0 Å². The van der Waals surface area contributed by atoms with Crippen molar-refractivity contribution in [1.29, 1.82) is 0 Å². The summed E-state index contributed by atoms with van der Waals surface area (Å²) in [7, 11) is 0. The monoisotopic (exact) mass is 192 g/mol. The third-order valence-corrected chi connectivity index (χ3v) is 1.53. The molecule has 0 aliphatic heterocycles. The first-order valence-corrected chi connectivity index (χ1v) is 4.47. The van der Waals surface area contributed by atoms with Crippen LogP contribution in [0.1, 0.15) is 6.92 Å². The van der Waals surface area contributed by atoms with Gasteiger partial charge in [0.05, 0.1) is 32.5 Å². The molecule has 0 saturated carbocycles. The van der Waals surface area contributed by atoms with Crippen molar-refractivity contribution in [1.82, 2.24) is 0 Å². The lowest BCUT2D eigenvalue weighted by Gasteiger charge is -2.14. The standard InChI is InChI=1S/C8H20N2O3/c1-7(10)8(11)6-13-5-4-12-3-2-9/h7-8,11H,2-6,9-10H2,1H3. The number of hydrogen-bond donors (Lipinski definition) is 3. The molecule has 0 rings (SSSR count). The van der Waals surface area contributed by atoms with Gasteiger partial charge >= 0.3 is 0 Å². The Hall–Kier alpha value is -0.200. The zero-order valence-electron chi connectivity index (χ0n) is 8.11. The molecule has 2 atom stereocenters. The average Bonchev–Trinajstić information content (AvgIpc) is 2.10. The quantitative estimate of drug-likeness (QED) is 0.415. The predicted octanol–water partition coefficient (Wildman–Crippen LogP) is -1.31. The van der Waals surface area contributed by atoms with Crippen LogP contribution >= 0.6 is 0 Å². The molecule has 0 spiro atoms. The van der Waals surface area contributed by atoms with Crippen molar-refractivity contribution in [2.75, 3.05) is 33.0 Å². The van der Waals surface area contributed by atoms with Gasteiger partial charge in [-0.1, -0.05) is 0 Å². The van der Waals surface area contributed by atoms with Crippen LogP contribution in [0.25, 0.3) is 0 Å². The van der Waals surface area contributed by atoms with Crippen molar-refractivity contribution >= 4 is 0 Å². The second kappa shape index (κ2) is 8.40. The minimum absolute atomic E-state index is 0.254. The van der Waals surface area contributed by atoms with Crippen LogP contribution in [0.15, 0.2) is 0 Å². The van der Waals surface area contributed by atoms with E-state index in [9.17, 15) is 5.11 Å². The Labute approximate surface area is 79.0 Å². The largest absolute Gasteiger partial charge is 0.389 e. The lowest BCUT2D eigenvalue weighted by molar-refractivity contribution is -0.00112. The number of rotatable bonds is 8. The van der Waals surface area contributed by atoms with Crippen molar-refractivity contribution in [3.8, 4) is 0 Å². The first-order chi connectivity index (χ1) is 6.18. The molecule has 5 heteroatoms. The van der Waals surface area contributed by atoms with Crippen molar-refractivity contribution < 1.29 is 14.6 Å². The molecular weight excluding hydrogens is 172 g/mol. The molecule has 0 saturated heterocycles.